The number of hydrogen-bond acceptors (Lipinski definition) is 4. The molecule has 0 saturated heterocycles. The van der Waals surface area contributed by atoms with Crippen LogP contribution in [0, 0.1) is 17.1 Å². The zero-order chi connectivity index (χ0) is 14.2. The van der Waals surface area contributed by atoms with Crippen LogP contribution in [-0.2, 0) is 0 Å². The summed E-state index contributed by atoms with van der Waals surface area (Å²) in [6.45, 7) is 0. The smallest absolute Gasteiger partial charge is 0.335 e. The van der Waals surface area contributed by atoms with Crippen LogP contribution >= 0.6 is 15.9 Å². The maximum Gasteiger partial charge on any atom is 0.335 e. The first-order valence-corrected chi connectivity index (χ1v) is 5.69. The molecule has 0 saturated carbocycles. The second kappa shape index (κ2) is 4.70. The number of aromatic amines is 1. The summed E-state index contributed by atoms with van der Waals surface area (Å²) in [6, 6.07) is 6.08. The van der Waals surface area contributed by atoms with E-state index in [2.05, 4.69) is 15.9 Å². The fourth-order valence-electron chi connectivity index (χ4n) is 1.51. The molecule has 0 radical (unpaired) electrons. The molecule has 2 N–H and O–H groups in total. The van der Waals surface area contributed by atoms with Crippen LogP contribution in [0.3, 0.4) is 0 Å². The van der Waals surface area contributed by atoms with Crippen LogP contribution < -0.4 is 11.2 Å². The Morgan fingerprint density at radius 2 is 2.11 bits per heavy atom. The standard InChI is InChI=1S/C11H5BrFN3O3/c12-6-2-1-5(4-14)7(3-6)16-10(18)8(13)9(17)15-11(16)19/h1-3,18H,(H,15,17,19). The molecule has 0 aliphatic rings. The zero-order valence-electron chi connectivity index (χ0n) is 9.15. The van der Waals surface area contributed by atoms with Gasteiger partial charge in [-0.3, -0.25) is 9.78 Å². The third-order valence-electron chi connectivity index (χ3n) is 2.35. The van der Waals surface area contributed by atoms with Gasteiger partial charge in [0.15, 0.2) is 0 Å². The number of hydrogen-bond donors (Lipinski definition) is 2. The molecule has 1 aromatic heterocycles. The number of aromatic nitrogens is 2. The Labute approximate surface area is 113 Å². The van der Waals surface area contributed by atoms with Gasteiger partial charge in [0, 0.05) is 4.47 Å². The summed E-state index contributed by atoms with van der Waals surface area (Å²) in [7, 11) is 0. The lowest BCUT2D eigenvalue weighted by Gasteiger charge is -2.09. The van der Waals surface area contributed by atoms with Crippen LogP contribution in [0.15, 0.2) is 32.3 Å². The number of nitrogens with zero attached hydrogens (tertiary/aromatic N) is 2. The van der Waals surface area contributed by atoms with Crippen LogP contribution in [0.5, 0.6) is 5.88 Å². The van der Waals surface area contributed by atoms with Crippen LogP contribution in [0.4, 0.5) is 4.39 Å². The topological polar surface area (TPSA) is 98.9 Å². The van der Waals surface area contributed by atoms with Gasteiger partial charge in [0.25, 0.3) is 5.56 Å². The molecule has 0 aliphatic carbocycles. The maximum absolute atomic E-state index is 13.3. The molecule has 0 aliphatic heterocycles. The summed E-state index contributed by atoms with van der Waals surface area (Å²) < 4.78 is 14.4. The van der Waals surface area contributed by atoms with Crippen molar-refractivity contribution in [2.24, 2.45) is 0 Å². The van der Waals surface area contributed by atoms with E-state index >= 15 is 0 Å². The molecule has 0 spiro atoms. The van der Waals surface area contributed by atoms with Gasteiger partial charge in [0.2, 0.25) is 11.7 Å². The number of H-pyrrole nitrogens is 1. The lowest BCUT2D eigenvalue weighted by atomic mass is 10.2. The molecule has 2 rings (SSSR count). The largest absolute Gasteiger partial charge is 0.492 e. The molecular weight excluding hydrogens is 321 g/mol. The Hall–Kier alpha value is -2.40. The molecule has 8 heteroatoms. The van der Waals surface area contributed by atoms with Crippen molar-refractivity contribution >= 4 is 15.9 Å². The minimum absolute atomic E-state index is 0.0343. The van der Waals surface area contributed by atoms with E-state index in [0.717, 1.165) is 0 Å². The highest BCUT2D eigenvalue weighted by Gasteiger charge is 2.17. The second-order valence-corrected chi connectivity index (χ2v) is 4.42. The Morgan fingerprint density at radius 3 is 2.74 bits per heavy atom. The van der Waals surface area contributed by atoms with E-state index in [1.165, 1.54) is 12.1 Å². The summed E-state index contributed by atoms with van der Waals surface area (Å²) in [5, 5.41) is 18.5. The third kappa shape index (κ3) is 2.15. The SMILES string of the molecule is N#Cc1ccc(Br)cc1-n1c(O)c(F)c(=O)[nH]c1=O. The number of benzene rings is 1. The Bertz CT molecular complexity index is 819. The Balaban J connectivity index is 2.92. The average Bonchev–Trinajstić information content (AvgIpc) is 2.36. The molecule has 1 heterocycles. The molecule has 6 nitrogen and oxygen atoms in total. The molecule has 1 aromatic carbocycles. The van der Waals surface area contributed by atoms with Crippen LogP contribution in [0.1, 0.15) is 5.56 Å². The van der Waals surface area contributed by atoms with Crippen molar-refractivity contribution in [1.29, 1.82) is 5.26 Å². The summed E-state index contributed by atoms with van der Waals surface area (Å²) in [5.41, 5.74) is -2.38. The van der Waals surface area contributed by atoms with Gasteiger partial charge in [-0.1, -0.05) is 15.9 Å². The zero-order valence-corrected chi connectivity index (χ0v) is 10.7. The van der Waals surface area contributed by atoms with E-state index in [0.29, 0.717) is 9.04 Å². The van der Waals surface area contributed by atoms with Gasteiger partial charge in [0.05, 0.1) is 11.3 Å². The van der Waals surface area contributed by atoms with Gasteiger partial charge in [-0.15, -0.1) is 0 Å². The van der Waals surface area contributed by atoms with Crippen molar-refractivity contribution in [1.82, 2.24) is 9.55 Å². The minimum atomic E-state index is -1.50. The van der Waals surface area contributed by atoms with Crippen molar-refractivity contribution in [3.63, 3.8) is 0 Å². The first kappa shape index (κ1) is 13.0. The molecule has 0 bridgehead atoms. The molecule has 0 fully saturated rings. The third-order valence-corrected chi connectivity index (χ3v) is 2.85. The lowest BCUT2D eigenvalue weighted by Crippen LogP contribution is -2.31. The monoisotopic (exact) mass is 325 g/mol. The second-order valence-electron chi connectivity index (χ2n) is 3.51. The van der Waals surface area contributed by atoms with E-state index in [-0.39, 0.29) is 11.3 Å². The predicted molar refractivity (Wildman–Crippen MR) is 66.7 cm³/mol. The average molecular weight is 326 g/mol. The highest BCUT2D eigenvalue weighted by molar-refractivity contribution is 9.10. The first-order chi connectivity index (χ1) is 8.95. The Morgan fingerprint density at radius 1 is 1.42 bits per heavy atom. The highest BCUT2D eigenvalue weighted by Crippen LogP contribution is 2.22. The molecule has 2 aromatic rings. The van der Waals surface area contributed by atoms with E-state index in [1.54, 1.807) is 17.1 Å². The van der Waals surface area contributed by atoms with Gasteiger partial charge in [0.1, 0.15) is 6.07 Å². The quantitative estimate of drug-likeness (QED) is 0.817. The minimum Gasteiger partial charge on any atom is -0.492 e. The number of aromatic hydroxyl groups is 1. The highest BCUT2D eigenvalue weighted by atomic mass is 79.9. The first-order valence-electron chi connectivity index (χ1n) is 4.89. The lowest BCUT2D eigenvalue weighted by molar-refractivity contribution is 0.386. The number of rotatable bonds is 1. The summed E-state index contributed by atoms with van der Waals surface area (Å²) in [4.78, 5) is 24.3. The molecule has 96 valence electrons. The molecular formula is C11H5BrFN3O3. The van der Waals surface area contributed by atoms with Crippen molar-refractivity contribution in [3.05, 3.63) is 54.9 Å². The van der Waals surface area contributed by atoms with E-state index in [4.69, 9.17) is 5.26 Å². The summed E-state index contributed by atoms with van der Waals surface area (Å²) >= 11 is 3.13. The van der Waals surface area contributed by atoms with Crippen LogP contribution in [0.25, 0.3) is 5.69 Å². The number of nitriles is 1. The normalized spacial score (nSPS) is 10.2. The van der Waals surface area contributed by atoms with E-state index < -0.39 is 22.9 Å². The fourth-order valence-corrected chi connectivity index (χ4v) is 1.86. The maximum atomic E-state index is 13.3. The predicted octanol–water partition coefficient (Wildman–Crippen LogP) is 1.00. The molecule has 0 amide bonds. The van der Waals surface area contributed by atoms with Crippen LogP contribution in [0.2, 0.25) is 0 Å². The van der Waals surface area contributed by atoms with E-state index in [9.17, 15) is 19.1 Å². The van der Waals surface area contributed by atoms with Crippen molar-refractivity contribution in [2.75, 3.05) is 0 Å². The van der Waals surface area contributed by atoms with Gasteiger partial charge >= 0.3 is 5.69 Å². The Kier molecular flexibility index (Phi) is 3.23. The molecule has 0 atom stereocenters. The van der Waals surface area contributed by atoms with Crippen molar-refractivity contribution < 1.29 is 9.50 Å². The van der Waals surface area contributed by atoms with E-state index in [1.807, 2.05) is 0 Å². The molecule has 0 unspecified atom stereocenters. The van der Waals surface area contributed by atoms with Gasteiger partial charge in [-0.05, 0) is 18.2 Å². The summed E-state index contributed by atoms with van der Waals surface area (Å²) in [5.74, 6) is -2.65. The van der Waals surface area contributed by atoms with Crippen molar-refractivity contribution in [2.45, 2.75) is 0 Å². The van der Waals surface area contributed by atoms with Crippen molar-refractivity contribution in [3.8, 4) is 17.6 Å². The number of halogens is 2. The number of nitrogens with one attached hydrogen (secondary N) is 1. The summed E-state index contributed by atoms with van der Waals surface area (Å²) in [6.07, 6.45) is 0. The van der Waals surface area contributed by atoms with Crippen LogP contribution in [-0.4, -0.2) is 14.7 Å². The van der Waals surface area contributed by atoms with Gasteiger partial charge in [-0.2, -0.15) is 9.65 Å². The molecule has 19 heavy (non-hydrogen) atoms. The fraction of sp³-hybridized carbons (Fsp3) is 0. The van der Waals surface area contributed by atoms with Gasteiger partial charge in [-0.25, -0.2) is 9.36 Å². The van der Waals surface area contributed by atoms with Gasteiger partial charge < -0.3 is 5.11 Å².